The molecule has 1 fully saturated rings. The molecule has 1 atom stereocenters. The Morgan fingerprint density at radius 2 is 1.90 bits per heavy atom. The van der Waals surface area contributed by atoms with Crippen LogP contribution in [0.5, 0.6) is 0 Å². The maximum absolute atomic E-state index is 13.2. The third-order valence-electron chi connectivity index (χ3n) is 5.45. The lowest BCUT2D eigenvalue weighted by Gasteiger charge is -2.31. The number of rotatable bonds is 6. The molecule has 1 saturated heterocycles. The van der Waals surface area contributed by atoms with Gasteiger partial charge in [-0.25, -0.2) is 0 Å². The summed E-state index contributed by atoms with van der Waals surface area (Å²) >= 11 is 1.31. The van der Waals surface area contributed by atoms with Crippen molar-refractivity contribution in [1.29, 1.82) is 0 Å². The third kappa shape index (κ3) is 3.99. The van der Waals surface area contributed by atoms with E-state index in [0.29, 0.717) is 31.2 Å². The van der Waals surface area contributed by atoms with Crippen molar-refractivity contribution in [3.05, 3.63) is 69.1 Å². The minimum absolute atomic E-state index is 0.170. The van der Waals surface area contributed by atoms with Gasteiger partial charge in [-0.05, 0) is 23.9 Å². The van der Waals surface area contributed by atoms with E-state index < -0.39 is 17.7 Å². The first kappa shape index (κ1) is 19.8. The second-order valence-corrected chi connectivity index (χ2v) is 8.28. The molecule has 2 aromatic rings. The van der Waals surface area contributed by atoms with Crippen LogP contribution >= 0.6 is 11.3 Å². The monoisotopic (exact) mass is 412 g/mol. The van der Waals surface area contributed by atoms with E-state index in [0.717, 1.165) is 24.2 Å². The second-order valence-electron chi connectivity index (χ2n) is 7.33. The highest BCUT2D eigenvalue weighted by molar-refractivity contribution is 7.12. The first-order chi connectivity index (χ1) is 14.1. The highest BCUT2D eigenvalue weighted by Gasteiger charge is 2.43. The molecule has 7 heteroatoms. The van der Waals surface area contributed by atoms with Crippen molar-refractivity contribution in [2.75, 3.05) is 39.4 Å². The molecule has 1 aromatic carbocycles. The first-order valence-corrected chi connectivity index (χ1v) is 10.6. The maximum Gasteiger partial charge on any atom is 0.290 e. The third-order valence-corrected chi connectivity index (χ3v) is 6.32. The Bertz CT molecular complexity index is 915. The van der Waals surface area contributed by atoms with Gasteiger partial charge in [0.25, 0.3) is 5.91 Å². The summed E-state index contributed by atoms with van der Waals surface area (Å²) in [5.74, 6) is -1.20. The lowest BCUT2D eigenvalue weighted by atomic mass is 9.95. The maximum atomic E-state index is 13.2. The van der Waals surface area contributed by atoms with Gasteiger partial charge >= 0.3 is 0 Å². The van der Waals surface area contributed by atoms with E-state index in [-0.39, 0.29) is 11.4 Å². The number of aryl methyl sites for hydroxylation is 1. The van der Waals surface area contributed by atoms with Gasteiger partial charge < -0.3 is 14.7 Å². The number of carbonyl (C=O) groups excluding carboxylic acids is 2. The van der Waals surface area contributed by atoms with Crippen LogP contribution in [0, 0.1) is 6.92 Å². The van der Waals surface area contributed by atoms with E-state index in [2.05, 4.69) is 4.90 Å². The van der Waals surface area contributed by atoms with Crippen LogP contribution in [0.1, 0.15) is 26.8 Å². The largest absolute Gasteiger partial charge is 0.503 e. The van der Waals surface area contributed by atoms with Crippen LogP contribution in [0.25, 0.3) is 0 Å². The first-order valence-electron chi connectivity index (χ1n) is 9.75. The van der Waals surface area contributed by atoms with Gasteiger partial charge in [-0.15, -0.1) is 11.3 Å². The van der Waals surface area contributed by atoms with Gasteiger partial charge in [0.2, 0.25) is 5.78 Å². The van der Waals surface area contributed by atoms with Gasteiger partial charge in [-0.1, -0.05) is 35.9 Å². The summed E-state index contributed by atoms with van der Waals surface area (Å²) < 4.78 is 5.39. The number of aliphatic hydroxyl groups excluding tert-OH is 1. The van der Waals surface area contributed by atoms with Crippen molar-refractivity contribution in [1.82, 2.24) is 9.80 Å². The van der Waals surface area contributed by atoms with E-state index in [1.807, 2.05) is 36.6 Å². The number of amides is 1. The number of hydrogen-bond donors (Lipinski definition) is 1. The minimum Gasteiger partial charge on any atom is -0.503 e. The van der Waals surface area contributed by atoms with Crippen LogP contribution < -0.4 is 0 Å². The molecule has 2 aliphatic heterocycles. The molecule has 0 saturated carbocycles. The summed E-state index contributed by atoms with van der Waals surface area (Å²) in [6.45, 7) is 6.09. The topological polar surface area (TPSA) is 70.1 Å². The molecule has 0 bridgehead atoms. The number of morpholine rings is 1. The molecule has 6 nitrogen and oxygen atoms in total. The molecular formula is C22H24N2O4S. The number of benzene rings is 1. The van der Waals surface area contributed by atoms with Crippen molar-refractivity contribution in [3.63, 3.8) is 0 Å². The Hall–Kier alpha value is -2.48. The van der Waals surface area contributed by atoms with Crippen LogP contribution in [0.4, 0.5) is 0 Å². The molecule has 3 heterocycles. The molecule has 1 aromatic heterocycles. The normalized spacial score (nSPS) is 20.5. The molecule has 2 aliphatic rings. The number of carbonyl (C=O) groups is 2. The van der Waals surface area contributed by atoms with Gasteiger partial charge in [0.15, 0.2) is 5.76 Å². The summed E-state index contributed by atoms with van der Waals surface area (Å²) in [4.78, 5) is 30.5. The Morgan fingerprint density at radius 1 is 1.17 bits per heavy atom. The van der Waals surface area contributed by atoms with E-state index in [9.17, 15) is 14.7 Å². The van der Waals surface area contributed by atoms with Crippen LogP contribution in [-0.4, -0.2) is 66.0 Å². The van der Waals surface area contributed by atoms with Crippen molar-refractivity contribution in [2.45, 2.75) is 13.0 Å². The van der Waals surface area contributed by atoms with E-state index >= 15 is 0 Å². The van der Waals surface area contributed by atoms with Crippen LogP contribution in [0.15, 0.2) is 53.1 Å². The fraction of sp³-hybridized carbons (Fsp3) is 0.364. The Labute approximate surface area is 174 Å². The summed E-state index contributed by atoms with van der Waals surface area (Å²) in [6, 6.07) is 10.7. The smallest absolute Gasteiger partial charge is 0.290 e. The number of thiophene rings is 1. The summed E-state index contributed by atoms with van der Waals surface area (Å²) in [7, 11) is 0. The number of hydrogen-bond acceptors (Lipinski definition) is 6. The predicted octanol–water partition coefficient (Wildman–Crippen LogP) is 2.97. The SMILES string of the molecule is Cc1ccc([C@@H]2C(C(=O)c3cccs3)=C(O)C(=O)N2CCN2CCOCC2)cc1. The fourth-order valence-electron chi connectivity index (χ4n) is 3.83. The summed E-state index contributed by atoms with van der Waals surface area (Å²) in [5.41, 5.74) is 2.09. The van der Waals surface area contributed by atoms with Crippen LogP contribution in [0.3, 0.4) is 0 Å². The van der Waals surface area contributed by atoms with Crippen molar-refractivity contribution < 1.29 is 19.4 Å². The molecule has 0 aliphatic carbocycles. The van der Waals surface area contributed by atoms with Gasteiger partial charge in [0.05, 0.1) is 29.7 Å². The molecule has 152 valence electrons. The highest BCUT2D eigenvalue weighted by atomic mass is 32.1. The van der Waals surface area contributed by atoms with Crippen LogP contribution in [0.2, 0.25) is 0 Å². The minimum atomic E-state index is -0.584. The zero-order chi connectivity index (χ0) is 20.4. The molecule has 0 radical (unpaired) electrons. The Kier molecular flexibility index (Phi) is 5.80. The Balaban J connectivity index is 1.66. The fourth-order valence-corrected chi connectivity index (χ4v) is 4.50. The molecule has 1 N–H and O–H groups in total. The molecule has 1 amide bonds. The molecule has 4 rings (SSSR count). The van der Waals surface area contributed by atoms with Crippen molar-refractivity contribution in [2.24, 2.45) is 0 Å². The number of ketones is 1. The number of Topliss-reactive ketones (excluding diaryl/α,β-unsaturated/α-hetero) is 1. The summed E-state index contributed by atoms with van der Waals surface area (Å²) in [6.07, 6.45) is 0. The van der Waals surface area contributed by atoms with E-state index in [4.69, 9.17) is 4.74 Å². The standard InChI is InChI=1S/C22H24N2O4S/c1-15-4-6-16(7-5-15)19-18(20(25)17-3-2-14-29-17)21(26)22(27)24(19)9-8-23-10-12-28-13-11-23/h2-7,14,19,26H,8-13H2,1H3/t19-/m1/s1. The molecule has 0 spiro atoms. The van der Waals surface area contributed by atoms with Gasteiger partial charge in [0.1, 0.15) is 0 Å². The zero-order valence-corrected chi connectivity index (χ0v) is 17.2. The average Bonchev–Trinajstić information content (AvgIpc) is 3.36. The van der Waals surface area contributed by atoms with Crippen molar-refractivity contribution >= 4 is 23.0 Å². The molecule has 0 unspecified atom stereocenters. The number of ether oxygens (including phenoxy) is 1. The Morgan fingerprint density at radius 3 is 2.55 bits per heavy atom. The van der Waals surface area contributed by atoms with Crippen LogP contribution in [-0.2, 0) is 9.53 Å². The number of nitrogens with zero attached hydrogens (tertiary/aromatic N) is 2. The molecular weight excluding hydrogens is 388 g/mol. The van der Waals surface area contributed by atoms with E-state index in [1.54, 1.807) is 17.0 Å². The predicted molar refractivity (Wildman–Crippen MR) is 111 cm³/mol. The quantitative estimate of drug-likeness (QED) is 0.739. The van der Waals surface area contributed by atoms with Gasteiger partial charge in [-0.3, -0.25) is 14.5 Å². The average molecular weight is 413 g/mol. The van der Waals surface area contributed by atoms with Gasteiger partial charge in [-0.2, -0.15) is 0 Å². The number of aliphatic hydroxyl groups is 1. The van der Waals surface area contributed by atoms with E-state index in [1.165, 1.54) is 11.3 Å². The zero-order valence-electron chi connectivity index (χ0n) is 16.3. The second kappa shape index (κ2) is 8.49. The lowest BCUT2D eigenvalue weighted by molar-refractivity contribution is -0.129. The highest BCUT2D eigenvalue weighted by Crippen LogP contribution is 2.39. The summed E-state index contributed by atoms with van der Waals surface area (Å²) in [5, 5.41) is 12.5. The van der Waals surface area contributed by atoms with Gasteiger partial charge in [0, 0.05) is 26.2 Å². The van der Waals surface area contributed by atoms with Crippen molar-refractivity contribution in [3.8, 4) is 0 Å². The molecule has 29 heavy (non-hydrogen) atoms. The lowest BCUT2D eigenvalue weighted by Crippen LogP contribution is -2.43.